The molecule has 0 unspecified atom stereocenters. The molecule has 2 amide bonds. The molecule has 1 aromatic heterocycles. The van der Waals surface area contributed by atoms with Crippen molar-refractivity contribution in [1.29, 1.82) is 0 Å². The first-order valence-corrected chi connectivity index (χ1v) is 9.88. The zero-order valence-corrected chi connectivity index (χ0v) is 17.6. The van der Waals surface area contributed by atoms with Gasteiger partial charge in [-0.05, 0) is 48.7 Å². The van der Waals surface area contributed by atoms with Crippen molar-refractivity contribution in [2.45, 2.75) is 26.7 Å². The number of para-hydroxylation sites is 1. The second kappa shape index (κ2) is 8.52. The zero-order valence-electron chi connectivity index (χ0n) is 16.0. The Labute approximate surface area is 172 Å². The van der Waals surface area contributed by atoms with Crippen molar-refractivity contribution in [3.05, 3.63) is 69.8 Å². The number of nitrogens with zero attached hydrogens (tertiary/aromatic N) is 1. The Balaban J connectivity index is 1.75. The Bertz CT molecular complexity index is 1050. The summed E-state index contributed by atoms with van der Waals surface area (Å²) in [5.41, 5.74) is 3.81. The standard InChI is InChI=1S/C22H22BrN3O2/c1-13(2)20-11-17(16-6-4-5-7-19(16)25-20)22(28)24-12-21(27)26-18-9-8-15(23)10-14(18)3/h4-11,13H,12H2,1-3H3,(H,24,28)(H,26,27). The lowest BCUT2D eigenvalue weighted by Crippen LogP contribution is -2.33. The topological polar surface area (TPSA) is 71.1 Å². The molecule has 0 aliphatic carbocycles. The highest BCUT2D eigenvalue weighted by Gasteiger charge is 2.15. The van der Waals surface area contributed by atoms with Crippen molar-refractivity contribution in [1.82, 2.24) is 10.3 Å². The molecule has 144 valence electrons. The van der Waals surface area contributed by atoms with Crippen molar-refractivity contribution < 1.29 is 9.59 Å². The van der Waals surface area contributed by atoms with E-state index in [1.807, 2.05) is 63.2 Å². The molecule has 0 saturated heterocycles. The van der Waals surface area contributed by atoms with E-state index in [1.165, 1.54) is 0 Å². The normalized spacial score (nSPS) is 10.9. The minimum Gasteiger partial charge on any atom is -0.343 e. The SMILES string of the molecule is Cc1cc(Br)ccc1NC(=O)CNC(=O)c1cc(C(C)C)nc2ccccc12. The molecule has 2 aromatic carbocycles. The van der Waals surface area contributed by atoms with Crippen LogP contribution in [-0.2, 0) is 4.79 Å². The summed E-state index contributed by atoms with van der Waals surface area (Å²) in [5, 5.41) is 6.32. The smallest absolute Gasteiger partial charge is 0.252 e. The number of aromatic nitrogens is 1. The molecule has 0 spiro atoms. The molecule has 28 heavy (non-hydrogen) atoms. The molecular formula is C22H22BrN3O2. The minimum absolute atomic E-state index is 0.109. The van der Waals surface area contributed by atoms with Crippen LogP contribution in [0.25, 0.3) is 10.9 Å². The molecule has 0 bridgehead atoms. The summed E-state index contributed by atoms with van der Waals surface area (Å²) in [6, 6.07) is 14.9. The monoisotopic (exact) mass is 439 g/mol. The van der Waals surface area contributed by atoms with Crippen molar-refractivity contribution in [2.24, 2.45) is 0 Å². The van der Waals surface area contributed by atoms with E-state index in [2.05, 4.69) is 31.5 Å². The third-order valence-corrected chi connectivity index (χ3v) is 4.94. The van der Waals surface area contributed by atoms with Gasteiger partial charge in [0.05, 0.1) is 17.6 Å². The molecule has 1 heterocycles. The Morgan fingerprint density at radius 2 is 1.86 bits per heavy atom. The quantitative estimate of drug-likeness (QED) is 0.599. The maximum Gasteiger partial charge on any atom is 0.252 e. The fraction of sp³-hybridized carbons (Fsp3) is 0.227. The summed E-state index contributed by atoms with van der Waals surface area (Å²) in [7, 11) is 0. The number of carbonyl (C=O) groups excluding carboxylic acids is 2. The number of anilines is 1. The molecule has 0 fully saturated rings. The van der Waals surface area contributed by atoms with Crippen LogP contribution in [0.3, 0.4) is 0 Å². The van der Waals surface area contributed by atoms with E-state index in [0.717, 1.165) is 32.3 Å². The molecule has 3 rings (SSSR count). The fourth-order valence-electron chi connectivity index (χ4n) is 2.90. The number of rotatable bonds is 5. The number of hydrogen-bond donors (Lipinski definition) is 2. The molecular weight excluding hydrogens is 418 g/mol. The number of carbonyl (C=O) groups is 2. The van der Waals surface area contributed by atoms with Crippen LogP contribution >= 0.6 is 15.9 Å². The van der Waals surface area contributed by atoms with E-state index in [4.69, 9.17) is 0 Å². The third-order valence-electron chi connectivity index (χ3n) is 4.44. The fourth-order valence-corrected chi connectivity index (χ4v) is 3.37. The number of pyridine rings is 1. The van der Waals surface area contributed by atoms with Crippen molar-refractivity contribution >= 4 is 44.3 Å². The van der Waals surface area contributed by atoms with Gasteiger partial charge >= 0.3 is 0 Å². The second-order valence-electron chi connectivity index (χ2n) is 6.96. The van der Waals surface area contributed by atoms with Gasteiger partial charge in [-0.15, -0.1) is 0 Å². The maximum absolute atomic E-state index is 12.8. The van der Waals surface area contributed by atoms with Crippen LogP contribution in [-0.4, -0.2) is 23.3 Å². The average Bonchev–Trinajstić information content (AvgIpc) is 2.67. The van der Waals surface area contributed by atoms with Gasteiger partial charge < -0.3 is 10.6 Å². The maximum atomic E-state index is 12.8. The average molecular weight is 440 g/mol. The Hall–Kier alpha value is -2.73. The summed E-state index contributed by atoms with van der Waals surface area (Å²) >= 11 is 3.40. The molecule has 0 aliphatic rings. The van der Waals surface area contributed by atoms with Crippen LogP contribution in [0.2, 0.25) is 0 Å². The molecule has 0 radical (unpaired) electrons. The van der Waals surface area contributed by atoms with E-state index in [0.29, 0.717) is 5.56 Å². The number of amides is 2. The van der Waals surface area contributed by atoms with Crippen LogP contribution in [0.1, 0.15) is 41.4 Å². The zero-order chi connectivity index (χ0) is 20.3. The van der Waals surface area contributed by atoms with Crippen molar-refractivity contribution in [3.8, 4) is 0 Å². The van der Waals surface area contributed by atoms with E-state index in [9.17, 15) is 9.59 Å². The lowest BCUT2D eigenvalue weighted by atomic mass is 10.0. The van der Waals surface area contributed by atoms with Gasteiger partial charge in [-0.3, -0.25) is 14.6 Å². The van der Waals surface area contributed by atoms with E-state index >= 15 is 0 Å². The number of fused-ring (bicyclic) bond motifs is 1. The van der Waals surface area contributed by atoms with Gasteiger partial charge in [0.1, 0.15) is 0 Å². The molecule has 2 N–H and O–H groups in total. The second-order valence-corrected chi connectivity index (χ2v) is 7.87. The lowest BCUT2D eigenvalue weighted by Gasteiger charge is -2.13. The summed E-state index contributed by atoms with van der Waals surface area (Å²) < 4.78 is 0.946. The summed E-state index contributed by atoms with van der Waals surface area (Å²) in [6.45, 7) is 5.87. The first-order chi connectivity index (χ1) is 13.3. The molecule has 0 saturated carbocycles. The number of benzene rings is 2. The minimum atomic E-state index is -0.289. The largest absolute Gasteiger partial charge is 0.343 e. The Kier molecular flexibility index (Phi) is 6.09. The van der Waals surface area contributed by atoms with Crippen LogP contribution in [0.5, 0.6) is 0 Å². The highest BCUT2D eigenvalue weighted by molar-refractivity contribution is 9.10. The van der Waals surface area contributed by atoms with Gasteiger partial charge in [0, 0.05) is 21.2 Å². The van der Waals surface area contributed by atoms with Crippen LogP contribution in [0.4, 0.5) is 5.69 Å². The Morgan fingerprint density at radius 3 is 2.57 bits per heavy atom. The van der Waals surface area contributed by atoms with Gasteiger partial charge in [-0.1, -0.05) is 48.0 Å². The highest BCUT2D eigenvalue weighted by atomic mass is 79.9. The summed E-state index contributed by atoms with van der Waals surface area (Å²) in [6.07, 6.45) is 0. The number of nitrogens with one attached hydrogen (secondary N) is 2. The van der Waals surface area contributed by atoms with Crippen molar-refractivity contribution in [2.75, 3.05) is 11.9 Å². The molecule has 5 nitrogen and oxygen atoms in total. The van der Waals surface area contributed by atoms with Gasteiger partial charge in [-0.2, -0.15) is 0 Å². The van der Waals surface area contributed by atoms with Gasteiger partial charge in [0.15, 0.2) is 0 Å². The van der Waals surface area contributed by atoms with Crippen LogP contribution in [0, 0.1) is 6.92 Å². The van der Waals surface area contributed by atoms with Crippen LogP contribution in [0.15, 0.2) is 53.0 Å². The molecule has 0 aliphatic heterocycles. The number of hydrogen-bond acceptors (Lipinski definition) is 3. The molecule has 0 atom stereocenters. The number of halogens is 1. The summed E-state index contributed by atoms with van der Waals surface area (Å²) in [5.74, 6) is -0.371. The first-order valence-electron chi connectivity index (χ1n) is 9.09. The highest BCUT2D eigenvalue weighted by Crippen LogP contribution is 2.22. The van der Waals surface area contributed by atoms with E-state index < -0.39 is 0 Å². The van der Waals surface area contributed by atoms with E-state index in [1.54, 1.807) is 6.07 Å². The van der Waals surface area contributed by atoms with Gasteiger partial charge in [0.25, 0.3) is 5.91 Å². The predicted octanol–water partition coefficient (Wildman–Crippen LogP) is 4.80. The van der Waals surface area contributed by atoms with E-state index in [-0.39, 0.29) is 24.3 Å². The van der Waals surface area contributed by atoms with Crippen LogP contribution < -0.4 is 10.6 Å². The lowest BCUT2D eigenvalue weighted by molar-refractivity contribution is -0.115. The molecule has 6 heteroatoms. The van der Waals surface area contributed by atoms with Gasteiger partial charge in [-0.25, -0.2) is 0 Å². The number of aryl methyl sites for hydroxylation is 1. The Morgan fingerprint density at radius 1 is 1.11 bits per heavy atom. The van der Waals surface area contributed by atoms with Crippen molar-refractivity contribution in [3.63, 3.8) is 0 Å². The first kappa shape index (κ1) is 20.0. The summed E-state index contributed by atoms with van der Waals surface area (Å²) in [4.78, 5) is 29.7. The molecule has 3 aromatic rings. The third kappa shape index (κ3) is 4.57. The predicted molar refractivity (Wildman–Crippen MR) is 116 cm³/mol. The van der Waals surface area contributed by atoms with Gasteiger partial charge in [0.2, 0.25) is 5.91 Å².